The van der Waals surface area contributed by atoms with Gasteiger partial charge in [-0.1, -0.05) is 34.5 Å². The summed E-state index contributed by atoms with van der Waals surface area (Å²) in [5.41, 5.74) is 2.16. The van der Waals surface area contributed by atoms with Gasteiger partial charge in [0.15, 0.2) is 0 Å². The Morgan fingerprint density at radius 2 is 2.28 bits per heavy atom. The smallest absolute Gasteiger partial charge is 0.124 e. The van der Waals surface area contributed by atoms with Gasteiger partial charge in [-0.15, -0.1) is 11.3 Å². The Morgan fingerprint density at radius 3 is 2.94 bits per heavy atom. The minimum absolute atomic E-state index is 0.283. The van der Waals surface area contributed by atoms with Crippen LogP contribution in [-0.2, 0) is 0 Å². The minimum Gasteiger partial charge on any atom is -0.309 e. The molecule has 96 valence electrons. The summed E-state index contributed by atoms with van der Waals surface area (Å²) in [6.45, 7) is 5.16. The molecular formula is C13H14BrClN2S. The van der Waals surface area contributed by atoms with Crippen molar-refractivity contribution >= 4 is 38.9 Å². The molecule has 1 heterocycles. The van der Waals surface area contributed by atoms with Crippen molar-refractivity contribution in [3.63, 3.8) is 0 Å². The van der Waals surface area contributed by atoms with E-state index in [0.29, 0.717) is 0 Å². The fourth-order valence-electron chi connectivity index (χ4n) is 1.68. The second kappa shape index (κ2) is 6.15. The highest BCUT2D eigenvalue weighted by molar-refractivity contribution is 9.10. The van der Waals surface area contributed by atoms with Crippen LogP contribution in [0.15, 0.2) is 28.1 Å². The second-order valence-corrected chi connectivity index (χ2v) is 6.13. The van der Waals surface area contributed by atoms with E-state index in [1.54, 1.807) is 11.3 Å². The van der Waals surface area contributed by atoms with E-state index in [0.717, 1.165) is 32.3 Å². The van der Waals surface area contributed by atoms with Gasteiger partial charge in [-0.3, -0.25) is 0 Å². The van der Waals surface area contributed by atoms with E-state index < -0.39 is 0 Å². The van der Waals surface area contributed by atoms with Crippen molar-refractivity contribution in [3.8, 4) is 10.6 Å². The number of benzene rings is 1. The first-order valence-corrected chi connectivity index (χ1v) is 7.81. The third kappa shape index (κ3) is 3.12. The first-order chi connectivity index (χ1) is 8.61. The molecule has 5 heteroatoms. The molecule has 1 N–H and O–H groups in total. The third-order valence-electron chi connectivity index (χ3n) is 2.64. The number of hydrogen-bond acceptors (Lipinski definition) is 3. The van der Waals surface area contributed by atoms with Crippen molar-refractivity contribution in [1.82, 2.24) is 10.3 Å². The quantitative estimate of drug-likeness (QED) is 0.852. The van der Waals surface area contributed by atoms with Crippen molar-refractivity contribution in [2.75, 3.05) is 6.54 Å². The number of nitrogens with one attached hydrogen (secondary N) is 1. The average Bonchev–Trinajstić information content (AvgIpc) is 2.78. The largest absolute Gasteiger partial charge is 0.309 e. The lowest BCUT2D eigenvalue weighted by molar-refractivity contribution is 0.587. The molecule has 2 nitrogen and oxygen atoms in total. The maximum atomic E-state index is 5.94. The average molecular weight is 346 g/mol. The summed E-state index contributed by atoms with van der Waals surface area (Å²) in [6.07, 6.45) is 0. The molecule has 18 heavy (non-hydrogen) atoms. The molecule has 0 amide bonds. The van der Waals surface area contributed by atoms with Crippen LogP contribution >= 0.6 is 38.9 Å². The van der Waals surface area contributed by atoms with Gasteiger partial charge in [-0.25, -0.2) is 4.98 Å². The summed E-state index contributed by atoms with van der Waals surface area (Å²) >= 11 is 11.1. The highest BCUT2D eigenvalue weighted by Gasteiger charge is 2.12. The molecule has 1 atom stereocenters. The molecule has 0 aliphatic heterocycles. The van der Waals surface area contributed by atoms with Crippen molar-refractivity contribution in [2.45, 2.75) is 19.9 Å². The Bertz CT molecular complexity index is 542. The molecular weight excluding hydrogens is 332 g/mol. The molecule has 2 aromatic rings. The molecule has 0 saturated heterocycles. The molecule has 0 saturated carbocycles. The number of rotatable bonds is 4. The van der Waals surface area contributed by atoms with Gasteiger partial charge in [0.25, 0.3) is 0 Å². The van der Waals surface area contributed by atoms with E-state index in [-0.39, 0.29) is 6.04 Å². The summed E-state index contributed by atoms with van der Waals surface area (Å²) in [5.74, 6) is 0. The number of halogens is 2. The Hall–Kier alpha value is -0.420. The maximum absolute atomic E-state index is 5.94. The van der Waals surface area contributed by atoms with E-state index in [4.69, 9.17) is 11.6 Å². The monoisotopic (exact) mass is 344 g/mol. The van der Waals surface area contributed by atoms with Crippen LogP contribution in [0, 0.1) is 0 Å². The lowest BCUT2D eigenvalue weighted by Gasteiger charge is -2.08. The van der Waals surface area contributed by atoms with Gasteiger partial charge < -0.3 is 5.32 Å². The molecule has 2 rings (SSSR count). The summed E-state index contributed by atoms with van der Waals surface area (Å²) in [7, 11) is 0. The molecule has 1 aromatic carbocycles. The number of nitrogens with zero attached hydrogens (tertiary/aromatic N) is 1. The Morgan fingerprint density at radius 1 is 1.50 bits per heavy atom. The highest BCUT2D eigenvalue weighted by atomic mass is 79.9. The lowest BCUT2D eigenvalue weighted by atomic mass is 10.2. The molecule has 0 aliphatic carbocycles. The van der Waals surface area contributed by atoms with Crippen molar-refractivity contribution in [1.29, 1.82) is 0 Å². The number of thiazole rings is 1. The zero-order valence-corrected chi connectivity index (χ0v) is 13.4. The van der Waals surface area contributed by atoms with Gasteiger partial charge in [0.1, 0.15) is 5.01 Å². The van der Waals surface area contributed by atoms with E-state index in [1.807, 2.05) is 18.2 Å². The predicted molar refractivity (Wildman–Crippen MR) is 82.4 cm³/mol. The minimum atomic E-state index is 0.283. The van der Waals surface area contributed by atoms with Crippen LogP contribution in [0.3, 0.4) is 0 Å². The number of hydrogen-bond donors (Lipinski definition) is 1. The summed E-state index contributed by atoms with van der Waals surface area (Å²) < 4.78 is 0.979. The Kier molecular flexibility index (Phi) is 4.78. The Labute approximate surface area is 125 Å². The standard InChI is InChI=1S/C13H14BrClN2S/c1-3-16-8(2)12-7-18-13(17-12)10-5-4-9(15)6-11(10)14/h4-8,16H,3H2,1-2H3. The fourth-order valence-corrected chi connectivity index (χ4v) is 3.64. The topological polar surface area (TPSA) is 24.9 Å². The van der Waals surface area contributed by atoms with Crippen LogP contribution < -0.4 is 5.32 Å². The molecule has 0 radical (unpaired) electrons. The highest BCUT2D eigenvalue weighted by Crippen LogP contribution is 2.33. The van der Waals surface area contributed by atoms with Gasteiger partial charge in [-0.2, -0.15) is 0 Å². The fraction of sp³-hybridized carbons (Fsp3) is 0.308. The van der Waals surface area contributed by atoms with E-state index >= 15 is 0 Å². The van der Waals surface area contributed by atoms with Crippen LogP contribution in [0.5, 0.6) is 0 Å². The first-order valence-electron chi connectivity index (χ1n) is 5.76. The van der Waals surface area contributed by atoms with Gasteiger partial charge in [-0.05, 0) is 31.7 Å². The third-order valence-corrected chi connectivity index (χ3v) is 4.42. The van der Waals surface area contributed by atoms with Crippen LogP contribution in [0.2, 0.25) is 5.02 Å². The van der Waals surface area contributed by atoms with Crippen molar-refractivity contribution in [2.24, 2.45) is 0 Å². The first kappa shape index (κ1) is 14.0. The molecule has 0 bridgehead atoms. The molecule has 0 aliphatic rings. The molecule has 1 aromatic heterocycles. The molecule has 0 fully saturated rings. The number of aromatic nitrogens is 1. The summed E-state index contributed by atoms with van der Waals surface area (Å²) in [4.78, 5) is 4.67. The predicted octanol–water partition coefficient (Wildman–Crippen LogP) is 4.90. The normalized spacial score (nSPS) is 12.7. The zero-order chi connectivity index (χ0) is 13.1. The van der Waals surface area contributed by atoms with Crippen LogP contribution in [0.1, 0.15) is 25.6 Å². The summed E-state index contributed by atoms with van der Waals surface area (Å²) in [6, 6.07) is 6.06. The van der Waals surface area contributed by atoms with Crippen molar-refractivity contribution < 1.29 is 0 Å². The zero-order valence-electron chi connectivity index (χ0n) is 10.2. The van der Waals surface area contributed by atoms with Gasteiger partial charge in [0.05, 0.1) is 5.69 Å². The second-order valence-electron chi connectivity index (χ2n) is 3.98. The van der Waals surface area contributed by atoms with Crippen LogP contribution in [0.4, 0.5) is 0 Å². The molecule has 0 spiro atoms. The van der Waals surface area contributed by atoms with E-state index in [2.05, 4.69) is 45.5 Å². The maximum Gasteiger partial charge on any atom is 0.124 e. The van der Waals surface area contributed by atoms with Gasteiger partial charge in [0.2, 0.25) is 0 Å². The van der Waals surface area contributed by atoms with Crippen LogP contribution in [0.25, 0.3) is 10.6 Å². The van der Waals surface area contributed by atoms with Crippen LogP contribution in [-0.4, -0.2) is 11.5 Å². The van der Waals surface area contributed by atoms with Crippen molar-refractivity contribution in [3.05, 3.63) is 38.8 Å². The van der Waals surface area contributed by atoms with E-state index in [9.17, 15) is 0 Å². The van der Waals surface area contributed by atoms with Gasteiger partial charge >= 0.3 is 0 Å². The SMILES string of the molecule is CCNC(C)c1csc(-c2ccc(Cl)cc2Br)n1. The van der Waals surface area contributed by atoms with Gasteiger partial charge in [0, 0.05) is 26.5 Å². The lowest BCUT2D eigenvalue weighted by Crippen LogP contribution is -2.17. The Balaban J connectivity index is 2.29. The van der Waals surface area contributed by atoms with E-state index in [1.165, 1.54) is 0 Å². The molecule has 1 unspecified atom stereocenters. The summed E-state index contributed by atoms with van der Waals surface area (Å²) in [5, 5.41) is 7.20.